The third kappa shape index (κ3) is 4.17. The average Bonchev–Trinajstić information content (AvgIpc) is 2.78. The van der Waals surface area contributed by atoms with E-state index in [1.807, 2.05) is 0 Å². The van der Waals surface area contributed by atoms with Gasteiger partial charge in [0.25, 0.3) is 0 Å². The number of likely N-dealkylation sites (tertiary alicyclic amines) is 1. The van der Waals surface area contributed by atoms with Gasteiger partial charge in [0.05, 0.1) is 0 Å². The monoisotopic (exact) mass is 267 g/mol. The minimum Gasteiger partial charge on any atom is -0.300 e. The molecule has 3 heteroatoms. The Balaban J connectivity index is 1.72. The lowest BCUT2D eigenvalue weighted by atomic mass is 10.1. The Bertz CT molecular complexity index is 274. The zero-order valence-electron chi connectivity index (χ0n) is 13.7. The summed E-state index contributed by atoms with van der Waals surface area (Å²) in [7, 11) is 0. The third-order valence-electron chi connectivity index (χ3n) is 4.89. The van der Waals surface area contributed by atoms with Crippen LogP contribution in [-0.4, -0.2) is 72.1 Å². The lowest BCUT2D eigenvalue weighted by molar-refractivity contribution is 0.0941. The van der Waals surface area contributed by atoms with Gasteiger partial charge in [0.1, 0.15) is 0 Å². The maximum absolute atomic E-state index is 2.69. The number of hydrogen-bond acceptors (Lipinski definition) is 3. The van der Waals surface area contributed by atoms with Gasteiger partial charge in [-0.25, -0.2) is 0 Å². The Hall–Kier alpha value is -0.120. The van der Waals surface area contributed by atoms with Crippen molar-refractivity contribution < 1.29 is 0 Å². The quantitative estimate of drug-likeness (QED) is 0.775. The summed E-state index contributed by atoms with van der Waals surface area (Å²) < 4.78 is 0. The highest BCUT2D eigenvalue weighted by Gasteiger charge is 2.31. The first kappa shape index (κ1) is 15.3. The van der Waals surface area contributed by atoms with Gasteiger partial charge in [0.15, 0.2) is 0 Å². The molecule has 0 spiro atoms. The van der Waals surface area contributed by atoms with E-state index in [0.29, 0.717) is 11.6 Å². The van der Waals surface area contributed by atoms with E-state index < -0.39 is 0 Å². The van der Waals surface area contributed by atoms with Crippen molar-refractivity contribution in [1.82, 2.24) is 14.7 Å². The molecular formula is C16H33N3. The van der Waals surface area contributed by atoms with Gasteiger partial charge >= 0.3 is 0 Å². The maximum atomic E-state index is 2.69. The molecule has 0 saturated carbocycles. The van der Waals surface area contributed by atoms with E-state index in [4.69, 9.17) is 0 Å². The smallest absolute Gasteiger partial charge is 0.0125 e. The topological polar surface area (TPSA) is 9.72 Å². The molecule has 2 saturated heterocycles. The Morgan fingerprint density at radius 2 is 1.63 bits per heavy atom. The maximum Gasteiger partial charge on any atom is 0.0125 e. The van der Waals surface area contributed by atoms with Crippen LogP contribution in [0.4, 0.5) is 0 Å². The molecular weight excluding hydrogens is 234 g/mol. The first-order chi connectivity index (χ1) is 8.86. The molecule has 3 nitrogen and oxygen atoms in total. The Morgan fingerprint density at radius 3 is 2.11 bits per heavy atom. The van der Waals surface area contributed by atoms with Crippen molar-refractivity contribution in [3.05, 3.63) is 0 Å². The highest BCUT2D eigenvalue weighted by molar-refractivity contribution is 4.87. The molecule has 0 aromatic heterocycles. The lowest BCUT2D eigenvalue weighted by Gasteiger charge is -2.38. The summed E-state index contributed by atoms with van der Waals surface area (Å²) in [5, 5.41) is 0. The minimum atomic E-state index is 0.352. The molecule has 19 heavy (non-hydrogen) atoms. The number of nitrogens with zero attached hydrogens (tertiary/aromatic N) is 3. The summed E-state index contributed by atoms with van der Waals surface area (Å²) in [6.45, 7) is 20.6. The van der Waals surface area contributed by atoms with Crippen LogP contribution in [0.2, 0.25) is 0 Å². The first-order valence-corrected chi connectivity index (χ1v) is 8.07. The zero-order valence-corrected chi connectivity index (χ0v) is 13.7. The molecule has 0 amide bonds. The highest BCUT2D eigenvalue weighted by Crippen LogP contribution is 2.25. The fourth-order valence-corrected chi connectivity index (χ4v) is 3.42. The van der Waals surface area contributed by atoms with Gasteiger partial charge in [-0.1, -0.05) is 0 Å². The normalized spacial score (nSPS) is 28.4. The van der Waals surface area contributed by atoms with E-state index >= 15 is 0 Å². The Morgan fingerprint density at radius 1 is 1.00 bits per heavy atom. The van der Waals surface area contributed by atoms with E-state index in [1.54, 1.807) is 0 Å². The van der Waals surface area contributed by atoms with Gasteiger partial charge in [-0.15, -0.1) is 0 Å². The number of hydrogen-bond donors (Lipinski definition) is 0. The van der Waals surface area contributed by atoms with Crippen LogP contribution in [0.15, 0.2) is 0 Å². The van der Waals surface area contributed by atoms with Gasteiger partial charge in [-0.3, -0.25) is 9.80 Å². The van der Waals surface area contributed by atoms with Gasteiger partial charge in [0.2, 0.25) is 0 Å². The van der Waals surface area contributed by atoms with Crippen molar-refractivity contribution in [2.45, 2.75) is 52.6 Å². The average molecular weight is 267 g/mol. The standard InChI is InChI=1S/C16H33N3/c1-14(2)18-10-8-17(9-11-18)12-15-6-7-19(13-15)16(3,4)5/h14-15H,6-13H2,1-5H3/t15-/m1/s1. The second kappa shape index (κ2) is 6.11. The van der Waals surface area contributed by atoms with E-state index in [2.05, 4.69) is 49.3 Å². The van der Waals surface area contributed by atoms with Crippen molar-refractivity contribution in [2.24, 2.45) is 5.92 Å². The molecule has 0 N–H and O–H groups in total. The number of piperazine rings is 1. The fourth-order valence-electron chi connectivity index (χ4n) is 3.42. The minimum absolute atomic E-state index is 0.352. The van der Waals surface area contributed by atoms with Crippen LogP contribution in [0.25, 0.3) is 0 Å². The summed E-state index contributed by atoms with van der Waals surface area (Å²) >= 11 is 0. The zero-order chi connectivity index (χ0) is 14.0. The van der Waals surface area contributed by atoms with Crippen LogP contribution >= 0.6 is 0 Å². The first-order valence-electron chi connectivity index (χ1n) is 8.07. The fraction of sp³-hybridized carbons (Fsp3) is 1.00. The predicted molar refractivity (Wildman–Crippen MR) is 82.6 cm³/mol. The molecule has 2 aliphatic heterocycles. The van der Waals surface area contributed by atoms with E-state index in [-0.39, 0.29) is 0 Å². The Labute approximate surface area is 119 Å². The molecule has 2 heterocycles. The molecule has 2 rings (SSSR count). The van der Waals surface area contributed by atoms with Crippen molar-refractivity contribution >= 4 is 0 Å². The lowest BCUT2D eigenvalue weighted by Crippen LogP contribution is -2.50. The van der Waals surface area contributed by atoms with Gasteiger partial charge < -0.3 is 4.90 Å². The molecule has 0 aliphatic carbocycles. The van der Waals surface area contributed by atoms with Gasteiger partial charge in [-0.2, -0.15) is 0 Å². The SMILES string of the molecule is CC(C)N1CCN(C[C@H]2CCN(C(C)(C)C)C2)CC1. The van der Waals surface area contributed by atoms with Crippen molar-refractivity contribution in [3.8, 4) is 0 Å². The summed E-state index contributed by atoms with van der Waals surface area (Å²) in [6.07, 6.45) is 1.39. The van der Waals surface area contributed by atoms with E-state index in [9.17, 15) is 0 Å². The van der Waals surface area contributed by atoms with Crippen LogP contribution in [0.5, 0.6) is 0 Å². The molecule has 0 radical (unpaired) electrons. The molecule has 0 unspecified atom stereocenters. The van der Waals surface area contributed by atoms with Crippen LogP contribution in [-0.2, 0) is 0 Å². The largest absolute Gasteiger partial charge is 0.300 e. The third-order valence-corrected chi connectivity index (χ3v) is 4.89. The highest BCUT2D eigenvalue weighted by atomic mass is 15.3. The second-order valence-corrected chi connectivity index (χ2v) is 7.70. The molecule has 0 bridgehead atoms. The molecule has 2 fully saturated rings. The van der Waals surface area contributed by atoms with E-state index in [0.717, 1.165) is 5.92 Å². The molecule has 1 atom stereocenters. The molecule has 0 aromatic carbocycles. The molecule has 0 aromatic rings. The summed E-state index contributed by atoms with van der Waals surface area (Å²) in [5.74, 6) is 0.893. The van der Waals surface area contributed by atoms with Crippen LogP contribution in [0, 0.1) is 5.92 Å². The van der Waals surface area contributed by atoms with Crippen molar-refractivity contribution in [2.75, 3.05) is 45.8 Å². The van der Waals surface area contributed by atoms with Crippen molar-refractivity contribution in [3.63, 3.8) is 0 Å². The van der Waals surface area contributed by atoms with Crippen LogP contribution < -0.4 is 0 Å². The van der Waals surface area contributed by atoms with Gasteiger partial charge in [0, 0.05) is 50.8 Å². The predicted octanol–water partition coefficient (Wildman–Crippen LogP) is 2.13. The van der Waals surface area contributed by atoms with Crippen LogP contribution in [0.3, 0.4) is 0 Å². The van der Waals surface area contributed by atoms with E-state index in [1.165, 1.54) is 52.2 Å². The Kier molecular flexibility index (Phi) is 4.91. The molecule has 112 valence electrons. The van der Waals surface area contributed by atoms with Gasteiger partial charge in [-0.05, 0) is 53.5 Å². The second-order valence-electron chi connectivity index (χ2n) is 7.70. The summed E-state index contributed by atoms with van der Waals surface area (Å²) in [6, 6.07) is 0.713. The number of rotatable bonds is 3. The van der Waals surface area contributed by atoms with Crippen molar-refractivity contribution in [1.29, 1.82) is 0 Å². The summed E-state index contributed by atoms with van der Waals surface area (Å²) in [4.78, 5) is 7.95. The molecule has 2 aliphatic rings. The summed E-state index contributed by atoms with van der Waals surface area (Å²) in [5.41, 5.74) is 0.352. The van der Waals surface area contributed by atoms with Crippen LogP contribution in [0.1, 0.15) is 41.0 Å².